The zero-order valence-electron chi connectivity index (χ0n) is 10.9. The quantitative estimate of drug-likeness (QED) is 0.489. The van der Waals surface area contributed by atoms with Gasteiger partial charge < -0.3 is 5.11 Å². The number of benzene rings is 1. The number of pyridine rings is 1. The molecule has 2 aromatic rings. The second kappa shape index (κ2) is 6.76. The van der Waals surface area contributed by atoms with E-state index in [1.165, 1.54) is 30.7 Å². The van der Waals surface area contributed by atoms with Crippen molar-refractivity contribution in [3.63, 3.8) is 0 Å². The highest BCUT2D eigenvalue weighted by atomic mass is 79.9. The number of carbonyl (C=O) groups is 1. The van der Waals surface area contributed by atoms with E-state index in [1.54, 1.807) is 6.07 Å². The second-order valence-corrected chi connectivity index (χ2v) is 5.01. The molecule has 112 valence electrons. The number of hydrogen-bond donors (Lipinski definition) is 2. The Labute approximate surface area is 132 Å². The Morgan fingerprint density at radius 2 is 2.18 bits per heavy atom. The Morgan fingerprint density at radius 3 is 2.86 bits per heavy atom. The molecule has 0 radical (unpaired) electrons. The predicted molar refractivity (Wildman–Crippen MR) is 81.8 cm³/mol. The summed E-state index contributed by atoms with van der Waals surface area (Å²) in [6.07, 6.45) is 4.15. The van der Waals surface area contributed by atoms with E-state index in [2.05, 4.69) is 31.4 Å². The topological polar surface area (TPSA) is 118 Å². The molecule has 8 nitrogen and oxygen atoms in total. The van der Waals surface area contributed by atoms with Crippen molar-refractivity contribution >= 4 is 33.7 Å². The Morgan fingerprint density at radius 1 is 1.41 bits per heavy atom. The van der Waals surface area contributed by atoms with Crippen LogP contribution in [0.2, 0.25) is 0 Å². The highest BCUT2D eigenvalue weighted by Gasteiger charge is 2.12. The highest BCUT2D eigenvalue weighted by molar-refractivity contribution is 9.10. The normalized spacial score (nSPS) is 10.6. The lowest BCUT2D eigenvalue weighted by molar-refractivity contribution is -0.385. The first-order valence-corrected chi connectivity index (χ1v) is 6.68. The Balaban J connectivity index is 2.08. The van der Waals surface area contributed by atoms with Crippen molar-refractivity contribution in [2.75, 3.05) is 0 Å². The van der Waals surface area contributed by atoms with Crippen molar-refractivity contribution in [1.82, 2.24) is 10.4 Å². The molecule has 1 aromatic heterocycles. The zero-order valence-corrected chi connectivity index (χ0v) is 12.5. The fourth-order valence-corrected chi connectivity index (χ4v) is 1.90. The molecule has 0 aliphatic carbocycles. The van der Waals surface area contributed by atoms with Crippen LogP contribution in [0.1, 0.15) is 15.9 Å². The fraction of sp³-hybridized carbons (Fsp3) is 0. The molecule has 1 amide bonds. The number of amides is 1. The van der Waals surface area contributed by atoms with E-state index in [0.717, 1.165) is 6.07 Å². The summed E-state index contributed by atoms with van der Waals surface area (Å²) in [7, 11) is 0. The van der Waals surface area contributed by atoms with Crippen LogP contribution in [-0.4, -0.2) is 27.1 Å². The number of phenols is 1. The average molecular weight is 365 g/mol. The Hall–Kier alpha value is -2.81. The number of hydrogen-bond acceptors (Lipinski definition) is 6. The van der Waals surface area contributed by atoms with Crippen LogP contribution < -0.4 is 5.43 Å². The van der Waals surface area contributed by atoms with Gasteiger partial charge in [-0.25, -0.2) is 5.43 Å². The van der Waals surface area contributed by atoms with Gasteiger partial charge in [-0.1, -0.05) is 0 Å². The summed E-state index contributed by atoms with van der Waals surface area (Å²) in [6.45, 7) is 0. The number of halogens is 1. The van der Waals surface area contributed by atoms with Gasteiger partial charge >= 0.3 is 5.69 Å². The molecule has 1 heterocycles. The molecule has 0 saturated heterocycles. The highest BCUT2D eigenvalue weighted by Crippen LogP contribution is 2.25. The van der Waals surface area contributed by atoms with Crippen LogP contribution in [0.3, 0.4) is 0 Å². The van der Waals surface area contributed by atoms with Crippen LogP contribution in [0, 0.1) is 10.1 Å². The van der Waals surface area contributed by atoms with Gasteiger partial charge in [0, 0.05) is 28.5 Å². The maximum absolute atomic E-state index is 11.8. The van der Waals surface area contributed by atoms with E-state index < -0.39 is 22.3 Å². The first-order chi connectivity index (χ1) is 10.5. The van der Waals surface area contributed by atoms with E-state index >= 15 is 0 Å². The average Bonchev–Trinajstić information content (AvgIpc) is 2.48. The third kappa shape index (κ3) is 3.85. The number of nitro groups is 1. The number of aromatic hydroxyl groups is 1. The number of nitro benzene ring substituents is 1. The van der Waals surface area contributed by atoms with E-state index in [1.807, 2.05) is 0 Å². The Kier molecular flexibility index (Phi) is 4.79. The molecular formula is C13H9BrN4O4. The van der Waals surface area contributed by atoms with Gasteiger partial charge in [0.25, 0.3) is 5.91 Å². The number of rotatable bonds is 4. The van der Waals surface area contributed by atoms with Gasteiger partial charge in [0.2, 0.25) is 0 Å². The minimum atomic E-state index is -0.710. The molecule has 22 heavy (non-hydrogen) atoms. The maximum atomic E-state index is 11.8. The van der Waals surface area contributed by atoms with Crippen molar-refractivity contribution in [2.24, 2.45) is 5.10 Å². The third-order valence-electron chi connectivity index (χ3n) is 2.54. The van der Waals surface area contributed by atoms with E-state index in [4.69, 9.17) is 0 Å². The number of phenolic OH excluding ortho intramolecular Hbond substituents is 1. The molecule has 1 aromatic carbocycles. The Bertz CT molecular complexity index is 763. The van der Waals surface area contributed by atoms with E-state index in [-0.39, 0.29) is 0 Å². The lowest BCUT2D eigenvalue weighted by Crippen LogP contribution is -2.17. The molecule has 0 atom stereocenters. The van der Waals surface area contributed by atoms with Crippen molar-refractivity contribution in [3.8, 4) is 5.75 Å². The number of nitrogens with zero attached hydrogens (tertiary/aromatic N) is 3. The summed E-state index contributed by atoms with van der Waals surface area (Å²) < 4.78 is 0.651. The monoisotopic (exact) mass is 364 g/mol. The van der Waals surface area contributed by atoms with Crippen LogP contribution in [0.4, 0.5) is 5.69 Å². The molecule has 2 N–H and O–H groups in total. The van der Waals surface area contributed by atoms with Crippen LogP contribution in [-0.2, 0) is 0 Å². The largest absolute Gasteiger partial charge is 0.502 e. The van der Waals surface area contributed by atoms with Gasteiger partial charge in [0.1, 0.15) is 0 Å². The predicted octanol–water partition coefficient (Wildman–Crippen LogP) is 2.22. The van der Waals surface area contributed by atoms with Gasteiger partial charge in [0.15, 0.2) is 5.75 Å². The molecule has 0 spiro atoms. The van der Waals surface area contributed by atoms with Crippen LogP contribution in [0.5, 0.6) is 5.75 Å². The molecule has 0 aliphatic heterocycles. The lowest BCUT2D eigenvalue weighted by Gasteiger charge is -2.00. The molecule has 9 heteroatoms. The SMILES string of the molecule is O=C(N/N=C/c1ccc(O)c([N+](=O)[O-])c1)c1cncc(Br)c1. The maximum Gasteiger partial charge on any atom is 0.311 e. The minimum Gasteiger partial charge on any atom is -0.502 e. The van der Waals surface area contributed by atoms with Gasteiger partial charge in [-0.15, -0.1) is 0 Å². The summed E-state index contributed by atoms with van der Waals surface area (Å²) in [5, 5.41) is 23.7. The zero-order chi connectivity index (χ0) is 16.1. The number of hydrazone groups is 1. The molecule has 0 bridgehead atoms. The molecule has 2 rings (SSSR count). The van der Waals surface area contributed by atoms with E-state index in [0.29, 0.717) is 15.6 Å². The third-order valence-corrected chi connectivity index (χ3v) is 2.98. The fourth-order valence-electron chi connectivity index (χ4n) is 1.53. The number of aromatic nitrogens is 1. The standard InChI is InChI=1S/C13H9BrN4O4/c14-10-4-9(6-15-7-10)13(20)17-16-5-8-1-2-12(19)11(3-8)18(21)22/h1-7,19H,(H,17,20)/b16-5+. The molecular weight excluding hydrogens is 356 g/mol. The van der Waals surface area contributed by atoms with Gasteiger partial charge in [-0.2, -0.15) is 5.10 Å². The number of nitrogens with one attached hydrogen (secondary N) is 1. The minimum absolute atomic E-state index is 0.309. The summed E-state index contributed by atoms with van der Waals surface area (Å²) in [5.74, 6) is -0.912. The van der Waals surface area contributed by atoms with E-state index in [9.17, 15) is 20.0 Å². The van der Waals surface area contributed by atoms with Crippen molar-refractivity contribution in [3.05, 3.63) is 62.4 Å². The molecule has 0 aliphatic rings. The molecule has 0 unspecified atom stereocenters. The lowest BCUT2D eigenvalue weighted by atomic mass is 10.2. The first kappa shape index (κ1) is 15.6. The van der Waals surface area contributed by atoms with Gasteiger partial charge in [-0.3, -0.25) is 19.9 Å². The smallest absolute Gasteiger partial charge is 0.311 e. The van der Waals surface area contributed by atoms with Gasteiger partial charge in [-0.05, 0) is 34.1 Å². The molecule has 0 fully saturated rings. The van der Waals surface area contributed by atoms with Crippen LogP contribution in [0.25, 0.3) is 0 Å². The van der Waals surface area contributed by atoms with Crippen molar-refractivity contribution < 1.29 is 14.8 Å². The van der Waals surface area contributed by atoms with Crippen molar-refractivity contribution in [1.29, 1.82) is 0 Å². The number of carbonyl (C=O) groups excluding carboxylic acids is 1. The van der Waals surface area contributed by atoms with Crippen LogP contribution in [0.15, 0.2) is 46.2 Å². The molecule has 0 saturated carbocycles. The summed E-state index contributed by atoms with van der Waals surface area (Å²) in [4.78, 5) is 25.6. The summed E-state index contributed by atoms with van der Waals surface area (Å²) >= 11 is 3.20. The van der Waals surface area contributed by atoms with Crippen molar-refractivity contribution in [2.45, 2.75) is 0 Å². The summed E-state index contributed by atoms with van der Waals surface area (Å²) in [6, 6.07) is 5.33. The van der Waals surface area contributed by atoms with Crippen LogP contribution >= 0.6 is 15.9 Å². The first-order valence-electron chi connectivity index (χ1n) is 5.89. The summed E-state index contributed by atoms with van der Waals surface area (Å²) in [5.41, 5.74) is 2.50. The second-order valence-electron chi connectivity index (χ2n) is 4.10. The van der Waals surface area contributed by atoms with Gasteiger partial charge in [0.05, 0.1) is 16.7 Å².